The summed E-state index contributed by atoms with van der Waals surface area (Å²) in [5.41, 5.74) is 1.24. The molecule has 156 valence electrons. The first kappa shape index (κ1) is 20.3. The minimum absolute atomic E-state index is 0.0934. The van der Waals surface area contributed by atoms with E-state index in [1.165, 1.54) is 12.1 Å². The topological polar surface area (TPSA) is 53.8 Å². The third kappa shape index (κ3) is 3.52. The first-order valence-corrected chi connectivity index (χ1v) is 10.4. The molecule has 0 bridgehead atoms. The van der Waals surface area contributed by atoms with Crippen LogP contribution in [0.1, 0.15) is 48.0 Å². The summed E-state index contributed by atoms with van der Waals surface area (Å²) in [6, 6.07) is 12.3. The van der Waals surface area contributed by atoms with Gasteiger partial charge in [-0.05, 0) is 55.9 Å². The average molecular weight is 408 g/mol. The highest BCUT2D eigenvalue weighted by atomic mass is 19.1. The Labute approximate surface area is 174 Å². The SMILES string of the molecule is CCN(CC)CCCN1C(=O)c2oc3ccccc3c(=O)c2[C@H]1c1ccc(F)cc1. The number of benzene rings is 2. The zero-order valence-corrected chi connectivity index (χ0v) is 17.2. The predicted molar refractivity (Wildman–Crippen MR) is 114 cm³/mol. The summed E-state index contributed by atoms with van der Waals surface area (Å²) in [6.07, 6.45) is 0.771. The van der Waals surface area contributed by atoms with Gasteiger partial charge in [0.25, 0.3) is 5.91 Å². The highest BCUT2D eigenvalue weighted by molar-refractivity contribution is 5.99. The van der Waals surface area contributed by atoms with E-state index in [4.69, 9.17) is 4.42 Å². The molecule has 1 aliphatic heterocycles. The molecule has 2 heterocycles. The van der Waals surface area contributed by atoms with E-state index in [-0.39, 0.29) is 22.9 Å². The molecule has 1 atom stereocenters. The second-order valence-electron chi connectivity index (χ2n) is 7.50. The number of nitrogens with zero attached hydrogens (tertiary/aromatic N) is 2. The Morgan fingerprint density at radius 1 is 1.03 bits per heavy atom. The molecule has 0 unspecified atom stereocenters. The summed E-state index contributed by atoms with van der Waals surface area (Å²) < 4.78 is 19.4. The molecule has 1 aromatic heterocycles. The van der Waals surface area contributed by atoms with Crippen molar-refractivity contribution < 1.29 is 13.6 Å². The highest BCUT2D eigenvalue weighted by Gasteiger charge is 2.42. The number of hydrogen-bond acceptors (Lipinski definition) is 4. The largest absolute Gasteiger partial charge is 0.450 e. The molecule has 5 nitrogen and oxygen atoms in total. The highest BCUT2D eigenvalue weighted by Crippen LogP contribution is 2.38. The van der Waals surface area contributed by atoms with Gasteiger partial charge in [0, 0.05) is 6.54 Å². The maximum absolute atomic E-state index is 13.5. The van der Waals surface area contributed by atoms with Crippen LogP contribution in [0.15, 0.2) is 57.7 Å². The Balaban J connectivity index is 1.78. The first-order valence-electron chi connectivity index (χ1n) is 10.4. The minimum Gasteiger partial charge on any atom is -0.450 e. The molecule has 0 spiro atoms. The minimum atomic E-state index is -0.578. The van der Waals surface area contributed by atoms with E-state index in [2.05, 4.69) is 18.7 Å². The van der Waals surface area contributed by atoms with Gasteiger partial charge in [0.1, 0.15) is 11.4 Å². The van der Waals surface area contributed by atoms with Gasteiger partial charge in [0.15, 0.2) is 5.43 Å². The molecule has 3 aromatic rings. The normalized spacial score (nSPS) is 15.9. The van der Waals surface area contributed by atoms with Gasteiger partial charge in [-0.15, -0.1) is 0 Å². The van der Waals surface area contributed by atoms with Crippen LogP contribution in [0.2, 0.25) is 0 Å². The molecular formula is C24H25FN2O3. The zero-order valence-electron chi connectivity index (χ0n) is 17.2. The molecule has 30 heavy (non-hydrogen) atoms. The smallest absolute Gasteiger partial charge is 0.290 e. The van der Waals surface area contributed by atoms with E-state index in [1.807, 2.05) is 0 Å². The Kier molecular flexibility index (Phi) is 5.68. The van der Waals surface area contributed by atoms with E-state index < -0.39 is 6.04 Å². The maximum atomic E-state index is 13.5. The van der Waals surface area contributed by atoms with Crippen molar-refractivity contribution in [3.8, 4) is 0 Å². The van der Waals surface area contributed by atoms with E-state index in [1.54, 1.807) is 41.3 Å². The van der Waals surface area contributed by atoms with Gasteiger partial charge in [-0.1, -0.05) is 38.1 Å². The maximum Gasteiger partial charge on any atom is 0.290 e. The summed E-state index contributed by atoms with van der Waals surface area (Å²) in [5, 5.41) is 0.446. The van der Waals surface area contributed by atoms with Crippen LogP contribution < -0.4 is 5.43 Å². The molecule has 1 aliphatic rings. The molecule has 0 saturated heterocycles. The molecule has 0 saturated carbocycles. The van der Waals surface area contributed by atoms with Crippen molar-refractivity contribution in [2.45, 2.75) is 26.3 Å². The van der Waals surface area contributed by atoms with Crippen molar-refractivity contribution in [2.75, 3.05) is 26.2 Å². The number of carbonyl (C=O) groups is 1. The van der Waals surface area contributed by atoms with Crippen LogP contribution in [0.3, 0.4) is 0 Å². The fourth-order valence-electron chi connectivity index (χ4n) is 4.19. The number of amides is 1. The van der Waals surface area contributed by atoms with Crippen molar-refractivity contribution in [1.82, 2.24) is 9.80 Å². The molecule has 0 N–H and O–H groups in total. The summed E-state index contributed by atoms with van der Waals surface area (Å²) >= 11 is 0. The van der Waals surface area contributed by atoms with Crippen LogP contribution in [-0.4, -0.2) is 41.9 Å². The van der Waals surface area contributed by atoms with Gasteiger partial charge < -0.3 is 14.2 Å². The fourth-order valence-corrected chi connectivity index (χ4v) is 4.19. The molecule has 0 radical (unpaired) electrons. The monoisotopic (exact) mass is 408 g/mol. The lowest BCUT2D eigenvalue weighted by molar-refractivity contribution is 0.0720. The molecule has 0 aliphatic carbocycles. The van der Waals surface area contributed by atoms with Gasteiger partial charge in [0.2, 0.25) is 5.76 Å². The van der Waals surface area contributed by atoms with Crippen LogP contribution in [0.5, 0.6) is 0 Å². The van der Waals surface area contributed by atoms with Gasteiger partial charge >= 0.3 is 0 Å². The summed E-state index contributed by atoms with van der Waals surface area (Å²) in [4.78, 5) is 30.6. The summed E-state index contributed by atoms with van der Waals surface area (Å²) in [5.74, 6) is -0.556. The van der Waals surface area contributed by atoms with Crippen LogP contribution in [-0.2, 0) is 0 Å². The van der Waals surface area contributed by atoms with Gasteiger partial charge in [0.05, 0.1) is 17.0 Å². The summed E-state index contributed by atoms with van der Waals surface area (Å²) in [7, 11) is 0. The quantitative estimate of drug-likeness (QED) is 0.588. The van der Waals surface area contributed by atoms with Gasteiger partial charge in [-0.25, -0.2) is 4.39 Å². The Hall–Kier alpha value is -2.99. The lowest BCUT2D eigenvalue weighted by Gasteiger charge is -2.26. The van der Waals surface area contributed by atoms with Crippen molar-refractivity contribution in [1.29, 1.82) is 0 Å². The molecule has 0 fully saturated rings. The number of hydrogen-bond donors (Lipinski definition) is 0. The molecule has 4 rings (SSSR count). The molecular weight excluding hydrogens is 383 g/mol. The van der Waals surface area contributed by atoms with Crippen LogP contribution in [0.25, 0.3) is 11.0 Å². The Bertz CT molecular complexity index is 1120. The lowest BCUT2D eigenvalue weighted by Crippen LogP contribution is -2.33. The van der Waals surface area contributed by atoms with E-state index in [0.717, 1.165) is 26.1 Å². The lowest BCUT2D eigenvalue weighted by atomic mass is 9.98. The first-order chi connectivity index (χ1) is 14.5. The third-order valence-corrected chi connectivity index (χ3v) is 5.83. The van der Waals surface area contributed by atoms with Crippen molar-refractivity contribution in [3.63, 3.8) is 0 Å². The van der Waals surface area contributed by atoms with Crippen LogP contribution >= 0.6 is 0 Å². The standard InChI is InChI=1S/C24H25FN2O3/c1-3-26(4-2)14-7-15-27-21(16-10-12-17(25)13-11-16)20-22(28)18-8-5-6-9-19(18)30-23(20)24(27)29/h5-6,8-13,21H,3-4,7,14-15H2,1-2H3/t21-/m1/s1. The Morgan fingerprint density at radius 2 is 1.73 bits per heavy atom. The van der Waals surface area contributed by atoms with E-state index in [9.17, 15) is 14.0 Å². The van der Waals surface area contributed by atoms with Gasteiger partial charge in [-0.3, -0.25) is 9.59 Å². The molecule has 1 amide bonds. The second-order valence-corrected chi connectivity index (χ2v) is 7.50. The second kappa shape index (κ2) is 8.40. The van der Waals surface area contributed by atoms with E-state index in [0.29, 0.717) is 28.6 Å². The van der Waals surface area contributed by atoms with Crippen molar-refractivity contribution in [2.24, 2.45) is 0 Å². The Morgan fingerprint density at radius 3 is 2.43 bits per heavy atom. The van der Waals surface area contributed by atoms with Crippen molar-refractivity contribution in [3.05, 3.63) is 81.5 Å². The number of halogens is 1. The molecule has 2 aromatic carbocycles. The number of rotatable bonds is 7. The number of para-hydroxylation sites is 1. The predicted octanol–water partition coefficient (Wildman–Crippen LogP) is 4.21. The van der Waals surface area contributed by atoms with Crippen molar-refractivity contribution >= 4 is 16.9 Å². The molecule has 6 heteroatoms. The summed E-state index contributed by atoms with van der Waals surface area (Å²) in [6.45, 7) is 7.44. The zero-order chi connectivity index (χ0) is 21.3. The van der Waals surface area contributed by atoms with Crippen LogP contribution in [0, 0.1) is 5.82 Å². The van der Waals surface area contributed by atoms with E-state index >= 15 is 0 Å². The fraction of sp³-hybridized carbons (Fsp3) is 0.333. The van der Waals surface area contributed by atoms with Gasteiger partial charge in [-0.2, -0.15) is 0 Å². The average Bonchev–Trinajstić information content (AvgIpc) is 3.04. The number of fused-ring (bicyclic) bond motifs is 2. The number of carbonyl (C=O) groups excluding carboxylic acids is 1. The van der Waals surface area contributed by atoms with Crippen LogP contribution in [0.4, 0.5) is 4.39 Å². The third-order valence-electron chi connectivity index (χ3n) is 5.83.